The zero-order valence-electron chi connectivity index (χ0n) is 14.6. The summed E-state index contributed by atoms with van der Waals surface area (Å²) in [5, 5.41) is 2.87. The summed E-state index contributed by atoms with van der Waals surface area (Å²) in [4.78, 5) is 27.2. The van der Waals surface area contributed by atoms with Gasteiger partial charge in [-0.3, -0.25) is 14.3 Å². The molecule has 0 radical (unpaired) electrons. The van der Waals surface area contributed by atoms with Crippen LogP contribution in [0.5, 0.6) is 0 Å². The number of hydrogen-bond acceptors (Lipinski definition) is 3. The Kier molecular flexibility index (Phi) is 3.20. The molecule has 7 heteroatoms. The third-order valence-electron chi connectivity index (χ3n) is 3.80. The molecule has 5 nitrogen and oxygen atoms in total. The van der Waals surface area contributed by atoms with Crippen LogP contribution >= 0.6 is 0 Å². The lowest BCUT2D eigenvalue weighted by Gasteiger charge is -2.27. The highest BCUT2D eigenvalue weighted by Gasteiger charge is 2.25. The molecule has 2 heterocycles. The van der Waals surface area contributed by atoms with E-state index in [2.05, 4.69) is 10.3 Å². The van der Waals surface area contributed by atoms with Crippen LogP contribution in [-0.2, 0) is 6.37 Å². The largest absolute Gasteiger partial charge is 0.364 e. The Morgan fingerprint density at radius 2 is 2.04 bits per heavy atom. The van der Waals surface area contributed by atoms with E-state index in [4.69, 9.17) is 2.74 Å². The first kappa shape index (κ1) is 13.0. The smallest absolute Gasteiger partial charge is 0.330 e. The van der Waals surface area contributed by atoms with E-state index in [0.29, 0.717) is 5.56 Å². The summed E-state index contributed by atoms with van der Waals surface area (Å²) in [7, 11) is 0. The number of nitrogens with zero attached hydrogens (tertiary/aromatic N) is 1. The third kappa shape index (κ3) is 2.67. The van der Waals surface area contributed by atoms with Gasteiger partial charge in [0, 0.05) is 8.78 Å². The van der Waals surface area contributed by atoms with Crippen LogP contribution in [0.3, 0.4) is 0 Å². The maximum Gasteiger partial charge on any atom is 0.330 e. The van der Waals surface area contributed by atoms with Crippen molar-refractivity contribution < 1.29 is 11.5 Å². The van der Waals surface area contributed by atoms with Crippen molar-refractivity contribution in [2.45, 2.75) is 38.7 Å². The van der Waals surface area contributed by atoms with E-state index in [0.717, 1.165) is 16.7 Å². The van der Waals surface area contributed by atoms with Crippen molar-refractivity contribution in [3.05, 3.63) is 61.8 Å². The predicted octanol–water partition coefficient (Wildman–Crippen LogP) is 2.50. The van der Waals surface area contributed by atoms with Crippen LogP contribution in [0.25, 0.3) is 0 Å². The van der Waals surface area contributed by atoms with E-state index in [1.165, 1.54) is 6.07 Å². The first-order valence-corrected chi connectivity index (χ1v) is 7.22. The molecule has 2 N–H and O–H groups in total. The molecule has 1 atom stereocenters. The zero-order chi connectivity index (χ0) is 18.5. The quantitative estimate of drug-likeness (QED) is 0.892. The van der Waals surface area contributed by atoms with Gasteiger partial charge in [-0.15, -0.1) is 0 Å². The fourth-order valence-corrected chi connectivity index (χ4v) is 2.65. The predicted molar refractivity (Wildman–Crippen MR) is 82.8 cm³/mol. The molecular formula is C16H17F2N3O2. The molecule has 0 amide bonds. The number of fused-ring (bicyclic) bond motifs is 1. The number of rotatable bonds is 2. The molecule has 0 aliphatic carbocycles. The summed E-state index contributed by atoms with van der Waals surface area (Å²) in [6.07, 6.45) is -2.21. The summed E-state index contributed by atoms with van der Waals surface area (Å²) in [6.45, 7) is 3.30. The minimum atomic E-state index is -2.05. The molecule has 0 saturated heterocycles. The van der Waals surface area contributed by atoms with E-state index >= 15 is 0 Å². The lowest BCUT2D eigenvalue weighted by Crippen LogP contribution is -2.41. The van der Waals surface area contributed by atoms with Crippen LogP contribution < -0.4 is 16.6 Å². The van der Waals surface area contributed by atoms with Gasteiger partial charge in [0.1, 0.15) is 5.82 Å². The van der Waals surface area contributed by atoms with Crippen molar-refractivity contribution in [2.75, 3.05) is 5.32 Å². The van der Waals surface area contributed by atoms with Crippen molar-refractivity contribution in [2.24, 2.45) is 0 Å². The lowest BCUT2D eigenvalue weighted by molar-refractivity contribution is 0.503. The molecule has 3 rings (SSSR count). The monoisotopic (exact) mass is 323 g/mol. The van der Waals surface area contributed by atoms with Gasteiger partial charge in [-0.25, -0.2) is 13.6 Å². The molecule has 0 spiro atoms. The van der Waals surface area contributed by atoms with Crippen LogP contribution in [0, 0.1) is 11.6 Å². The third-order valence-corrected chi connectivity index (χ3v) is 3.80. The van der Waals surface area contributed by atoms with Crippen LogP contribution in [0.2, 0.25) is 0 Å². The van der Waals surface area contributed by atoms with Crippen molar-refractivity contribution in [3.63, 3.8) is 0 Å². The topological polar surface area (TPSA) is 66.9 Å². The van der Waals surface area contributed by atoms with Crippen LogP contribution in [0.1, 0.15) is 46.2 Å². The summed E-state index contributed by atoms with van der Waals surface area (Å²) in [5.74, 6) is -2.08. The molecule has 0 fully saturated rings. The van der Waals surface area contributed by atoms with E-state index < -0.39 is 41.3 Å². The Labute approximate surface area is 133 Å². The summed E-state index contributed by atoms with van der Waals surface area (Å²) in [6, 6.07) is 2.12. The SMILES string of the molecule is [2H]C1([2H])C[C@H](c2ccc(F)c(F)c2)Nc2[nH]c(=O)n(C(C)C)c(=O)c21. The van der Waals surface area contributed by atoms with Crippen molar-refractivity contribution >= 4 is 5.82 Å². The molecule has 1 aliphatic rings. The van der Waals surface area contributed by atoms with Crippen LogP contribution in [0.4, 0.5) is 14.6 Å². The fraction of sp³-hybridized carbons (Fsp3) is 0.375. The van der Waals surface area contributed by atoms with Gasteiger partial charge in [0.05, 0.1) is 11.6 Å². The number of hydrogen-bond donors (Lipinski definition) is 2. The average Bonchev–Trinajstić information content (AvgIpc) is 2.47. The number of anilines is 1. The maximum absolute atomic E-state index is 13.5. The number of nitrogens with one attached hydrogen (secondary N) is 2. The van der Waals surface area contributed by atoms with E-state index in [9.17, 15) is 18.4 Å². The van der Waals surface area contributed by atoms with Crippen molar-refractivity contribution in [1.82, 2.24) is 9.55 Å². The van der Waals surface area contributed by atoms with Gasteiger partial charge in [-0.05, 0) is 44.3 Å². The maximum atomic E-state index is 13.5. The minimum Gasteiger partial charge on any atom is -0.364 e. The van der Waals surface area contributed by atoms with Crippen LogP contribution in [0.15, 0.2) is 27.8 Å². The van der Waals surface area contributed by atoms with Crippen molar-refractivity contribution in [1.29, 1.82) is 0 Å². The second-order valence-electron chi connectivity index (χ2n) is 5.70. The first-order chi connectivity index (χ1) is 11.6. The summed E-state index contributed by atoms with van der Waals surface area (Å²) >= 11 is 0. The van der Waals surface area contributed by atoms with E-state index in [1.807, 2.05) is 0 Å². The average molecular weight is 323 g/mol. The Morgan fingerprint density at radius 1 is 1.30 bits per heavy atom. The lowest BCUT2D eigenvalue weighted by atomic mass is 9.95. The molecule has 1 aromatic heterocycles. The van der Waals surface area contributed by atoms with Gasteiger partial charge < -0.3 is 5.32 Å². The Hall–Kier alpha value is -2.44. The van der Waals surface area contributed by atoms with E-state index in [1.54, 1.807) is 13.8 Å². The Morgan fingerprint density at radius 3 is 2.70 bits per heavy atom. The molecule has 23 heavy (non-hydrogen) atoms. The van der Waals surface area contributed by atoms with E-state index in [-0.39, 0.29) is 17.8 Å². The van der Waals surface area contributed by atoms with Crippen LogP contribution in [-0.4, -0.2) is 9.55 Å². The molecule has 0 unspecified atom stereocenters. The molecular weight excluding hydrogens is 304 g/mol. The molecule has 1 aromatic carbocycles. The standard InChI is InChI=1S/C16H17F2N3O2/c1-8(2)21-15(22)10-4-6-13(19-14(10)20-16(21)23)9-3-5-11(17)12(18)7-9/h3,5,7-8,13,19H,4,6H2,1-2H3,(H,20,23)/t13-/m1/s1/i4D2. The van der Waals surface area contributed by atoms with Gasteiger partial charge in [0.15, 0.2) is 11.6 Å². The molecule has 0 bridgehead atoms. The van der Waals surface area contributed by atoms with Gasteiger partial charge in [0.2, 0.25) is 0 Å². The molecule has 0 saturated carbocycles. The summed E-state index contributed by atoms with van der Waals surface area (Å²) < 4.78 is 44.1. The number of halogens is 2. The Bertz CT molecular complexity index is 953. The van der Waals surface area contributed by atoms with Gasteiger partial charge in [0.25, 0.3) is 5.56 Å². The Balaban J connectivity index is 2.14. The normalized spacial score (nSPS) is 20.5. The molecule has 1 aliphatic heterocycles. The second-order valence-corrected chi connectivity index (χ2v) is 5.70. The molecule has 122 valence electrons. The van der Waals surface area contributed by atoms with Gasteiger partial charge >= 0.3 is 5.69 Å². The number of benzene rings is 1. The second kappa shape index (κ2) is 5.64. The number of aromatic amines is 1. The number of aromatic nitrogens is 2. The number of H-pyrrole nitrogens is 1. The first-order valence-electron chi connectivity index (χ1n) is 8.22. The van der Waals surface area contributed by atoms with Crippen molar-refractivity contribution in [3.8, 4) is 0 Å². The highest BCUT2D eigenvalue weighted by atomic mass is 19.2. The van der Waals surface area contributed by atoms with Gasteiger partial charge in [-0.1, -0.05) is 6.07 Å². The molecule has 2 aromatic rings. The highest BCUT2D eigenvalue weighted by Crippen LogP contribution is 2.29. The highest BCUT2D eigenvalue weighted by molar-refractivity contribution is 5.48. The zero-order valence-corrected chi connectivity index (χ0v) is 12.6. The van der Waals surface area contributed by atoms with Gasteiger partial charge in [-0.2, -0.15) is 0 Å². The minimum absolute atomic E-state index is 0.0297. The fourth-order valence-electron chi connectivity index (χ4n) is 2.65. The summed E-state index contributed by atoms with van der Waals surface area (Å²) in [5.41, 5.74) is -1.20.